The van der Waals surface area contributed by atoms with Gasteiger partial charge in [0, 0.05) is 23.4 Å². The van der Waals surface area contributed by atoms with E-state index < -0.39 is 11.6 Å². The van der Waals surface area contributed by atoms with Gasteiger partial charge in [0.15, 0.2) is 0 Å². The molecule has 0 spiro atoms. The lowest BCUT2D eigenvalue weighted by molar-refractivity contribution is 0.275. The molecule has 0 fully saturated rings. The lowest BCUT2D eigenvalue weighted by Crippen LogP contribution is -2.37. The lowest BCUT2D eigenvalue weighted by Gasteiger charge is -2.21. The molecule has 0 heterocycles. The molecule has 2 unspecified atom stereocenters. The van der Waals surface area contributed by atoms with Crippen LogP contribution in [0.15, 0.2) is 12.1 Å². The molecule has 0 amide bonds. The van der Waals surface area contributed by atoms with E-state index in [9.17, 15) is 8.78 Å². The third-order valence-electron chi connectivity index (χ3n) is 2.91. The zero-order chi connectivity index (χ0) is 14.4. The van der Waals surface area contributed by atoms with Gasteiger partial charge in [-0.3, -0.25) is 0 Å². The Morgan fingerprint density at radius 3 is 2.42 bits per heavy atom. The maximum absolute atomic E-state index is 13.6. The van der Waals surface area contributed by atoms with E-state index in [1.807, 2.05) is 13.2 Å². The number of nitrogens with one attached hydrogen (secondary N) is 1. The molecule has 1 aromatic rings. The Bertz CT molecular complexity index is 449. The number of aliphatic hydroxyl groups is 1. The molecular weight excluding hydrogens is 270 g/mol. The van der Waals surface area contributed by atoms with Crippen LogP contribution in [0.3, 0.4) is 0 Å². The predicted octanol–water partition coefficient (Wildman–Crippen LogP) is 2.04. The summed E-state index contributed by atoms with van der Waals surface area (Å²) in [4.78, 5) is 0. The summed E-state index contributed by atoms with van der Waals surface area (Å²) in [6, 6.07) is 3.65. The average Bonchev–Trinajstić information content (AvgIpc) is 2.38. The fourth-order valence-corrected chi connectivity index (χ4v) is 2.32. The summed E-state index contributed by atoms with van der Waals surface area (Å²) in [6.07, 6.45) is 1.86. The molecule has 0 aromatic heterocycles. The fourth-order valence-electron chi connectivity index (χ4n) is 1.67. The monoisotopic (exact) mass is 286 g/mol. The van der Waals surface area contributed by atoms with Crippen LogP contribution >= 0.6 is 11.8 Å². The van der Waals surface area contributed by atoms with Crippen molar-refractivity contribution in [2.24, 2.45) is 0 Å². The summed E-state index contributed by atoms with van der Waals surface area (Å²) >= 11 is 1.48. The molecule has 0 saturated heterocycles. The highest BCUT2D eigenvalue weighted by molar-refractivity contribution is 7.99. The minimum Gasteiger partial charge on any atom is -0.395 e. The highest BCUT2D eigenvalue weighted by Crippen LogP contribution is 2.16. The number of thioether (sulfide) groups is 1. The Balaban J connectivity index is 2.76. The number of hydrogen-bond acceptors (Lipinski definition) is 4. The van der Waals surface area contributed by atoms with E-state index >= 15 is 0 Å². The van der Waals surface area contributed by atoms with Crippen LogP contribution in [0, 0.1) is 23.0 Å². The number of nitriles is 1. The first-order chi connectivity index (χ1) is 9.03. The minimum absolute atomic E-state index is 0.00628. The van der Waals surface area contributed by atoms with E-state index in [2.05, 4.69) is 5.32 Å². The first-order valence-corrected chi connectivity index (χ1v) is 7.07. The van der Waals surface area contributed by atoms with Gasteiger partial charge in [-0.1, -0.05) is 0 Å². The van der Waals surface area contributed by atoms with Gasteiger partial charge in [0.1, 0.15) is 11.6 Å². The number of nitrogens with zero attached hydrogens (tertiary/aromatic N) is 1. The van der Waals surface area contributed by atoms with Gasteiger partial charge in [0.05, 0.1) is 18.2 Å². The molecule has 6 heteroatoms. The Morgan fingerprint density at radius 1 is 1.42 bits per heavy atom. The van der Waals surface area contributed by atoms with Crippen molar-refractivity contribution in [2.75, 3.05) is 12.9 Å². The Kier molecular flexibility index (Phi) is 6.22. The van der Waals surface area contributed by atoms with Gasteiger partial charge in [-0.2, -0.15) is 17.0 Å². The van der Waals surface area contributed by atoms with Crippen LogP contribution in [-0.2, 0) is 6.54 Å². The van der Waals surface area contributed by atoms with Gasteiger partial charge >= 0.3 is 0 Å². The fraction of sp³-hybridized carbons (Fsp3) is 0.462. The second-order valence-electron chi connectivity index (χ2n) is 4.16. The summed E-state index contributed by atoms with van der Waals surface area (Å²) in [7, 11) is 0. The molecule has 2 N–H and O–H groups in total. The smallest absolute Gasteiger partial charge is 0.131 e. The second-order valence-corrected chi connectivity index (χ2v) is 5.23. The quantitative estimate of drug-likeness (QED) is 0.840. The SMILES string of the molecule is CSC(CO)C(C)NCc1c(F)cc(C#N)cc1F. The number of aliphatic hydroxyl groups excluding tert-OH is 1. The molecule has 0 aliphatic carbocycles. The van der Waals surface area contributed by atoms with Crippen molar-refractivity contribution in [2.45, 2.75) is 24.8 Å². The zero-order valence-corrected chi connectivity index (χ0v) is 11.6. The number of benzene rings is 1. The molecule has 3 nitrogen and oxygen atoms in total. The maximum Gasteiger partial charge on any atom is 0.131 e. The maximum atomic E-state index is 13.6. The van der Waals surface area contributed by atoms with E-state index in [-0.39, 0.29) is 35.6 Å². The van der Waals surface area contributed by atoms with Crippen molar-refractivity contribution < 1.29 is 13.9 Å². The molecule has 0 radical (unpaired) electrons. The average molecular weight is 286 g/mol. The highest BCUT2D eigenvalue weighted by atomic mass is 32.2. The standard InChI is InChI=1S/C13H16F2N2OS/c1-8(13(7-18)19-2)17-6-10-11(14)3-9(5-16)4-12(10)15/h3-4,8,13,17-18H,6-7H2,1-2H3. The van der Waals surface area contributed by atoms with Gasteiger partial charge in [-0.05, 0) is 25.3 Å². The third kappa shape index (κ3) is 4.16. The molecule has 0 bridgehead atoms. The molecule has 19 heavy (non-hydrogen) atoms. The summed E-state index contributed by atoms with van der Waals surface area (Å²) in [5, 5.41) is 20.7. The molecule has 2 atom stereocenters. The Hall–Kier alpha value is -1.16. The van der Waals surface area contributed by atoms with Crippen LogP contribution < -0.4 is 5.32 Å². The van der Waals surface area contributed by atoms with Crippen molar-refractivity contribution >= 4 is 11.8 Å². The Labute approximate surface area is 115 Å². The van der Waals surface area contributed by atoms with Crippen LogP contribution in [0.5, 0.6) is 0 Å². The number of hydrogen-bond donors (Lipinski definition) is 2. The first kappa shape index (κ1) is 15.9. The van der Waals surface area contributed by atoms with E-state index in [0.29, 0.717) is 0 Å². The van der Waals surface area contributed by atoms with Crippen LogP contribution in [0.1, 0.15) is 18.1 Å². The van der Waals surface area contributed by atoms with Gasteiger partial charge in [0.2, 0.25) is 0 Å². The van der Waals surface area contributed by atoms with E-state index in [4.69, 9.17) is 10.4 Å². The molecule has 104 valence electrons. The van der Waals surface area contributed by atoms with Gasteiger partial charge in [-0.25, -0.2) is 8.78 Å². The van der Waals surface area contributed by atoms with Gasteiger partial charge < -0.3 is 10.4 Å². The first-order valence-electron chi connectivity index (χ1n) is 5.78. The van der Waals surface area contributed by atoms with Crippen molar-refractivity contribution in [3.8, 4) is 6.07 Å². The molecule has 0 aliphatic rings. The van der Waals surface area contributed by atoms with Gasteiger partial charge in [-0.15, -0.1) is 0 Å². The van der Waals surface area contributed by atoms with E-state index in [0.717, 1.165) is 12.1 Å². The summed E-state index contributed by atoms with van der Waals surface area (Å²) < 4.78 is 27.3. The molecule has 0 saturated carbocycles. The second kappa shape index (κ2) is 7.43. The third-order valence-corrected chi connectivity index (χ3v) is 4.07. The Morgan fingerprint density at radius 2 is 2.00 bits per heavy atom. The largest absolute Gasteiger partial charge is 0.395 e. The molecule has 1 rings (SSSR count). The number of halogens is 2. The van der Waals surface area contributed by atoms with Crippen molar-refractivity contribution in [1.82, 2.24) is 5.32 Å². The zero-order valence-electron chi connectivity index (χ0n) is 10.8. The molecule has 0 aliphatic heterocycles. The predicted molar refractivity (Wildman–Crippen MR) is 71.8 cm³/mol. The summed E-state index contributed by atoms with van der Waals surface area (Å²) in [6.45, 7) is 1.85. The van der Waals surface area contributed by atoms with Crippen LogP contribution in [-0.4, -0.2) is 29.3 Å². The van der Waals surface area contributed by atoms with E-state index in [1.54, 1.807) is 6.07 Å². The van der Waals surface area contributed by atoms with E-state index in [1.165, 1.54) is 11.8 Å². The summed E-state index contributed by atoms with van der Waals surface area (Å²) in [5.41, 5.74) is -0.132. The molecule has 1 aromatic carbocycles. The summed E-state index contributed by atoms with van der Waals surface area (Å²) in [5.74, 6) is -1.47. The highest BCUT2D eigenvalue weighted by Gasteiger charge is 2.17. The minimum atomic E-state index is -0.735. The van der Waals surface area contributed by atoms with Crippen LogP contribution in [0.2, 0.25) is 0 Å². The lowest BCUT2D eigenvalue weighted by atomic mass is 10.1. The van der Waals surface area contributed by atoms with Crippen molar-refractivity contribution in [1.29, 1.82) is 5.26 Å². The van der Waals surface area contributed by atoms with Crippen LogP contribution in [0.25, 0.3) is 0 Å². The van der Waals surface area contributed by atoms with Crippen LogP contribution in [0.4, 0.5) is 8.78 Å². The van der Waals surface area contributed by atoms with Crippen molar-refractivity contribution in [3.63, 3.8) is 0 Å². The topological polar surface area (TPSA) is 56.0 Å². The van der Waals surface area contributed by atoms with Gasteiger partial charge in [0.25, 0.3) is 0 Å². The number of rotatable bonds is 6. The molecular formula is C13H16F2N2OS. The normalized spacial score (nSPS) is 13.9. The van der Waals surface area contributed by atoms with Crippen molar-refractivity contribution in [3.05, 3.63) is 34.9 Å².